The van der Waals surface area contributed by atoms with Gasteiger partial charge in [-0.25, -0.2) is 0 Å². The van der Waals surface area contributed by atoms with Crippen molar-refractivity contribution in [1.82, 2.24) is 0 Å². The summed E-state index contributed by atoms with van der Waals surface area (Å²) in [5.74, 6) is 0.231. The van der Waals surface area contributed by atoms with E-state index in [0.717, 1.165) is 0 Å². The highest BCUT2D eigenvalue weighted by Gasteiger charge is 2.10. The molecule has 0 radical (unpaired) electrons. The minimum atomic E-state index is 0.0522. The molecule has 1 aromatic rings. The number of Topliss-reactive ketones (excluding diaryl/α,β-unsaturated/α-hetero) is 1. The first-order valence-electron chi connectivity index (χ1n) is 4.75. The summed E-state index contributed by atoms with van der Waals surface area (Å²) < 4.78 is 0. The summed E-state index contributed by atoms with van der Waals surface area (Å²) in [7, 11) is 0. The highest BCUT2D eigenvalue weighted by Crippen LogP contribution is 2.27. The summed E-state index contributed by atoms with van der Waals surface area (Å²) in [6, 6.07) is 6.33. The van der Waals surface area contributed by atoms with E-state index in [1.54, 1.807) is 18.7 Å². The van der Waals surface area contributed by atoms with E-state index in [1.165, 1.54) is 16.0 Å². The van der Waals surface area contributed by atoms with Crippen LogP contribution in [0, 0.1) is 13.8 Å². The van der Waals surface area contributed by atoms with Crippen molar-refractivity contribution in [2.45, 2.75) is 37.8 Å². The number of ketones is 1. The lowest BCUT2D eigenvalue weighted by Crippen LogP contribution is -2.07. The van der Waals surface area contributed by atoms with Gasteiger partial charge < -0.3 is 0 Å². The predicted molar refractivity (Wildman–Crippen MR) is 61.9 cm³/mol. The zero-order valence-corrected chi connectivity index (χ0v) is 9.94. The molecule has 0 spiro atoms. The van der Waals surface area contributed by atoms with Crippen molar-refractivity contribution in [2.24, 2.45) is 0 Å². The summed E-state index contributed by atoms with van der Waals surface area (Å²) >= 11 is 1.64. The average Bonchev–Trinajstić information content (AvgIpc) is 2.09. The zero-order chi connectivity index (χ0) is 10.7. The summed E-state index contributed by atoms with van der Waals surface area (Å²) in [6.07, 6.45) is 0. The van der Waals surface area contributed by atoms with E-state index >= 15 is 0 Å². The highest BCUT2D eigenvalue weighted by atomic mass is 32.2. The molecular formula is C12H16OS. The van der Waals surface area contributed by atoms with E-state index in [1.807, 2.05) is 6.92 Å². The Morgan fingerprint density at radius 2 is 2.00 bits per heavy atom. The fourth-order valence-electron chi connectivity index (χ4n) is 1.20. The molecular weight excluding hydrogens is 192 g/mol. The van der Waals surface area contributed by atoms with Gasteiger partial charge in [-0.1, -0.05) is 17.7 Å². The monoisotopic (exact) mass is 208 g/mol. The quantitative estimate of drug-likeness (QED) is 0.708. The topological polar surface area (TPSA) is 17.1 Å². The van der Waals surface area contributed by atoms with Gasteiger partial charge in [0.25, 0.3) is 0 Å². The molecule has 0 bridgehead atoms. The van der Waals surface area contributed by atoms with Crippen LogP contribution in [0.2, 0.25) is 0 Å². The minimum Gasteiger partial charge on any atom is -0.299 e. The van der Waals surface area contributed by atoms with Gasteiger partial charge in [0.2, 0.25) is 0 Å². The summed E-state index contributed by atoms with van der Waals surface area (Å²) in [6.45, 7) is 7.76. The number of rotatable bonds is 3. The maximum atomic E-state index is 11.1. The van der Waals surface area contributed by atoms with Crippen LogP contribution in [-0.2, 0) is 4.79 Å². The Kier molecular flexibility index (Phi) is 3.76. The molecule has 1 aromatic carbocycles. The molecule has 14 heavy (non-hydrogen) atoms. The van der Waals surface area contributed by atoms with Crippen LogP contribution in [0.4, 0.5) is 0 Å². The maximum absolute atomic E-state index is 11.1. The van der Waals surface area contributed by atoms with Crippen LogP contribution in [0.5, 0.6) is 0 Å². The normalized spacial score (nSPS) is 12.6. The van der Waals surface area contributed by atoms with Gasteiger partial charge in [-0.15, -0.1) is 11.8 Å². The first-order valence-corrected chi connectivity index (χ1v) is 5.63. The van der Waals surface area contributed by atoms with Gasteiger partial charge in [-0.2, -0.15) is 0 Å². The van der Waals surface area contributed by atoms with Gasteiger partial charge in [0.15, 0.2) is 0 Å². The number of benzene rings is 1. The molecule has 0 aliphatic carbocycles. The van der Waals surface area contributed by atoms with E-state index < -0.39 is 0 Å². The molecule has 0 aliphatic heterocycles. The van der Waals surface area contributed by atoms with Crippen molar-refractivity contribution in [3.8, 4) is 0 Å². The van der Waals surface area contributed by atoms with Crippen LogP contribution in [0.25, 0.3) is 0 Å². The largest absolute Gasteiger partial charge is 0.299 e. The van der Waals surface area contributed by atoms with E-state index in [-0.39, 0.29) is 11.0 Å². The third kappa shape index (κ3) is 2.88. The average molecular weight is 208 g/mol. The van der Waals surface area contributed by atoms with Gasteiger partial charge >= 0.3 is 0 Å². The Morgan fingerprint density at radius 3 is 2.50 bits per heavy atom. The number of aryl methyl sites for hydroxylation is 2. The third-order valence-electron chi connectivity index (χ3n) is 2.21. The van der Waals surface area contributed by atoms with Crippen LogP contribution >= 0.6 is 11.8 Å². The number of hydrogen-bond acceptors (Lipinski definition) is 2. The van der Waals surface area contributed by atoms with Gasteiger partial charge in [0, 0.05) is 4.90 Å². The van der Waals surface area contributed by atoms with Gasteiger partial charge in [0.1, 0.15) is 5.78 Å². The molecule has 0 amide bonds. The summed E-state index contributed by atoms with van der Waals surface area (Å²) in [5, 5.41) is 0.0522. The van der Waals surface area contributed by atoms with Crippen LogP contribution in [0.15, 0.2) is 23.1 Å². The van der Waals surface area contributed by atoms with E-state index in [2.05, 4.69) is 32.0 Å². The van der Waals surface area contributed by atoms with E-state index in [9.17, 15) is 4.79 Å². The molecule has 0 fully saturated rings. The fourth-order valence-corrected chi connectivity index (χ4v) is 2.14. The third-order valence-corrected chi connectivity index (χ3v) is 3.60. The Morgan fingerprint density at radius 1 is 1.36 bits per heavy atom. The van der Waals surface area contributed by atoms with Crippen LogP contribution in [0.1, 0.15) is 25.0 Å². The smallest absolute Gasteiger partial charge is 0.142 e. The molecule has 0 saturated carbocycles. The van der Waals surface area contributed by atoms with Crippen molar-refractivity contribution in [2.75, 3.05) is 0 Å². The molecule has 1 unspecified atom stereocenters. The molecule has 1 rings (SSSR count). The predicted octanol–water partition coefficient (Wildman–Crippen LogP) is 3.37. The number of hydrogen-bond donors (Lipinski definition) is 0. The molecule has 2 heteroatoms. The summed E-state index contributed by atoms with van der Waals surface area (Å²) in [5.41, 5.74) is 2.52. The Hall–Kier alpha value is -0.760. The standard InChI is InChI=1S/C12H16OS/c1-8-5-6-12(9(2)7-8)14-11(4)10(3)13/h5-7,11H,1-4H3. The van der Waals surface area contributed by atoms with Crippen LogP contribution < -0.4 is 0 Å². The molecule has 0 N–H and O–H groups in total. The van der Waals surface area contributed by atoms with Gasteiger partial charge in [-0.05, 0) is 39.3 Å². The van der Waals surface area contributed by atoms with Crippen molar-refractivity contribution in [1.29, 1.82) is 0 Å². The van der Waals surface area contributed by atoms with Crippen molar-refractivity contribution >= 4 is 17.5 Å². The molecule has 76 valence electrons. The fraction of sp³-hybridized carbons (Fsp3) is 0.417. The van der Waals surface area contributed by atoms with Crippen molar-refractivity contribution < 1.29 is 4.79 Å². The molecule has 0 aliphatic rings. The minimum absolute atomic E-state index is 0.0522. The Balaban J connectivity index is 2.82. The number of thioether (sulfide) groups is 1. The number of carbonyl (C=O) groups excluding carboxylic acids is 1. The van der Waals surface area contributed by atoms with Crippen LogP contribution in [-0.4, -0.2) is 11.0 Å². The van der Waals surface area contributed by atoms with Crippen molar-refractivity contribution in [3.63, 3.8) is 0 Å². The van der Waals surface area contributed by atoms with E-state index in [4.69, 9.17) is 0 Å². The second kappa shape index (κ2) is 4.65. The lowest BCUT2D eigenvalue weighted by atomic mass is 10.2. The number of carbonyl (C=O) groups is 1. The van der Waals surface area contributed by atoms with Crippen molar-refractivity contribution in [3.05, 3.63) is 29.3 Å². The molecule has 1 atom stereocenters. The van der Waals surface area contributed by atoms with E-state index in [0.29, 0.717) is 0 Å². The van der Waals surface area contributed by atoms with Gasteiger partial charge in [-0.3, -0.25) is 4.79 Å². The molecule has 0 heterocycles. The molecule has 0 aromatic heterocycles. The lowest BCUT2D eigenvalue weighted by Gasteiger charge is -2.10. The second-order valence-electron chi connectivity index (χ2n) is 3.64. The second-order valence-corrected chi connectivity index (χ2v) is 5.02. The zero-order valence-electron chi connectivity index (χ0n) is 9.13. The lowest BCUT2D eigenvalue weighted by molar-refractivity contribution is -0.116. The first kappa shape index (κ1) is 11.3. The maximum Gasteiger partial charge on any atom is 0.142 e. The SMILES string of the molecule is CC(=O)C(C)Sc1ccc(C)cc1C. The van der Waals surface area contributed by atoms with Crippen LogP contribution in [0.3, 0.4) is 0 Å². The molecule has 0 saturated heterocycles. The molecule has 1 nitrogen and oxygen atoms in total. The van der Waals surface area contributed by atoms with Gasteiger partial charge in [0.05, 0.1) is 5.25 Å². The highest BCUT2D eigenvalue weighted by molar-refractivity contribution is 8.00. The Labute approximate surface area is 89.9 Å². The summed E-state index contributed by atoms with van der Waals surface area (Å²) in [4.78, 5) is 12.3. The first-order chi connectivity index (χ1) is 6.50. The Bertz CT molecular complexity index is 344.